The Morgan fingerprint density at radius 3 is 2.47 bits per heavy atom. The minimum absolute atomic E-state index is 0.0599. The highest BCUT2D eigenvalue weighted by Gasteiger charge is 2.33. The highest BCUT2D eigenvalue weighted by molar-refractivity contribution is 5.00. The monoisotopic (exact) mass is 238 g/mol. The summed E-state index contributed by atoms with van der Waals surface area (Å²) in [5.41, 5.74) is 6.05. The predicted molar refractivity (Wildman–Crippen MR) is 71.9 cm³/mol. The Labute approximate surface area is 105 Å². The second-order valence-corrected chi connectivity index (χ2v) is 6.17. The van der Waals surface area contributed by atoms with Gasteiger partial charge >= 0.3 is 0 Å². The van der Waals surface area contributed by atoms with Gasteiger partial charge < -0.3 is 15.5 Å². The molecule has 1 heterocycles. The van der Waals surface area contributed by atoms with E-state index >= 15 is 0 Å². The minimum atomic E-state index is -0.190. The SMILES string of the molecule is CC(Cc1ccco1)NCC(C)(C)C(C)(C)N. The molecule has 3 N–H and O–H groups in total. The first-order valence-corrected chi connectivity index (χ1v) is 6.27. The Hall–Kier alpha value is -0.800. The summed E-state index contributed by atoms with van der Waals surface area (Å²) in [6.07, 6.45) is 2.63. The Bertz CT molecular complexity index is 322. The van der Waals surface area contributed by atoms with Gasteiger partial charge in [0.2, 0.25) is 0 Å². The maximum Gasteiger partial charge on any atom is 0.105 e. The van der Waals surface area contributed by atoms with Gasteiger partial charge in [-0.3, -0.25) is 0 Å². The molecule has 0 spiro atoms. The van der Waals surface area contributed by atoms with Crippen LogP contribution in [0.5, 0.6) is 0 Å². The zero-order valence-electron chi connectivity index (χ0n) is 11.7. The Morgan fingerprint density at radius 2 is 2.00 bits per heavy atom. The fraction of sp³-hybridized carbons (Fsp3) is 0.714. The van der Waals surface area contributed by atoms with Crippen molar-refractivity contribution in [3.05, 3.63) is 24.2 Å². The number of nitrogens with two attached hydrogens (primary N) is 1. The van der Waals surface area contributed by atoms with Gasteiger partial charge in [-0.15, -0.1) is 0 Å². The lowest BCUT2D eigenvalue weighted by molar-refractivity contribution is 0.188. The Kier molecular flexibility index (Phi) is 4.39. The molecule has 0 bridgehead atoms. The van der Waals surface area contributed by atoms with Crippen LogP contribution in [0.3, 0.4) is 0 Å². The molecule has 0 aromatic carbocycles. The van der Waals surface area contributed by atoms with Crippen LogP contribution in [-0.2, 0) is 6.42 Å². The molecule has 1 aromatic heterocycles. The van der Waals surface area contributed by atoms with Gasteiger partial charge in [0.15, 0.2) is 0 Å². The van der Waals surface area contributed by atoms with Crippen molar-refractivity contribution < 1.29 is 4.42 Å². The van der Waals surface area contributed by atoms with Gasteiger partial charge in [0.25, 0.3) is 0 Å². The summed E-state index contributed by atoms with van der Waals surface area (Å²) in [6.45, 7) is 11.6. The number of hydrogen-bond acceptors (Lipinski definition) is 3. The normalized spacial score (nSPS) is 14.9. The molecule has 98 valence electrons. The van der Waals surface area contributed by atoms with Crippen molar-refractivity contribution in [2.75, 3.05) is 6.54 Å². The average molecular weight is 238 g/mol. The highest BCUT2D eigenvalue weighted by Crippen LogP contribution is 2.27. The van der Waals surface area contributed by atoms with Crippen LogP contribution in [0.25, 0.3) is 0 Å². The number of nitrogens with one attached hydrogen (secondary N) is 1. The van der Waals surface area contributed by atoms with Crippen LogP contribution in [-0.4, -0.2) is 18.1 Å². The molecule has 1 atom stereocenters. The van der Waals surface area contributed by atoms with Crippen LogP contribution in [0.4, 0.5) is 0 Å². The first-order chi connectivity index (χ1) is 7.72. The van der Waals surface area contributed by atoms with Crippen molar-refractivity contribution >= 4 is 0 Å². The summed E-state index contributed by atoms with van der Waals surface area (Å²) in [4.78, 5) is 0. The van der Waals surface area contributed by atoms with Crippen molar-refractivity contribution in [2.24, 2.45) is 11.1 Å². The van der Waals surface area contributed by atoms with E-state index in [2.05, 4.69) is 39.9 Å². The van der Waals surface area contributed by atoms with Crippen LogP contribution < -0.4 is 11.1 Å². The Balaban J connectivity index is 2.40. The minimum Gasteiger partial charge on any atom is -0.469 e. The summed E-state index contributed by atoms with van der Waals surface area (Å²) in [5.74, 6) is 1.02. The third-order valence-corrected chi connectivity index (χ3v) is 3.72. The molecule has 0 aliphatic heterocycles. The standard InChI is InChI=1S/C14H26N2O/c1-11(9-12-7-6-8-17-12)16-10-13(2,3)14(4,5)15/h6-8,11,16H,9-10,15H2,1-5H3. The summed E-state index contributed by atoms with van der Waals surface area (Å²) < 4.78 is 5.34. The smallest absolute Gasteiger partial charge is 0.105 e. The van der Waals surface area contributed by atoms with Crippen molar-refractivity contribution in [1.29, 1.82) is 0 Å². The van der Waals surface area contributed by atoms with Gasteiger partial charge in [0.1, 0.15) is 5.76 Å². The van der Waals surface area contributed by atoms with E-state index < -0.39 is 0 Å². The molecule has 0 saturated heterocycles. The van der Waals surface area contributed by atoms with Gasteiger partial charge in [-0.05, 0) is 38.3 Å². The number of furan rings is 1. The van der Waals surface area contributed by atoms with E-state index in [9.17, 15) is 0 Å². The van der Waals surface area contributed by atoms with E-state index in [-0.39, 0.29) is 11.0 Å². The number of hydrogen-bond donors (Lipinski definition) is 2. The van der Waals surface area contributed by atoms with Gasteiger partial charge in [0, 0.05) is 24.5 Å². The van der Waals surface area contributed by atoms with Crippen LogP contribution in [0.2, 0.25) is 0 Å². The molecule has 1 unspecified atom stereocenters. The highest BCUT2D eigenvalue weighted by atomic mass is 16.3. The topological polar surface area (TPSA) is 51.2 Å². The molecule has 17 heavy (non-hydrogen) atoms. The molecule has 3 heteroatoms. The predicted octanol–water partition coefficient (Wildman–Crippen LogP) is 2.56. The quantitative estimate of drug-likeness (QED) is 0.801. The van der Waals surface area contributed by atoms with E-state index in [1.54, 1.807) is 6.26 Å². The van der Waals surface area contributed by atoms with E-state index in [4.69, 9.17) is 10.2 Å². The maximum atomic E-state index is 6.18. The molecule has 0 amide bonds. The molecular formula is C14H26N2O. The molecule has 0 saturated carbocycles. The van der Waals surface area contributed by atoms with Crippen molar-refractivity contribution in [3.8, 4) is 0 Å². The summed E-state index contributed by atoms with van der Waals surface area (Å²) >= 11 is 0. The van der Waals surface area contributed by atoms with Gasteiger partial charge in [-0.2, -0.15) is 0 Å². The zero-order valence-corrected chi connectivity index (χ0v) is 11.7. The van der Waals surface area contributed by atoms with E-state index in [1.807, 2.05) is 12.1 Å². The Morgan fingerprint density at radius 1 is 1.35 bits per heavy atom. The zero-order chi connectivity index (χ0) is 13.1. The van der Waals surface area contributed by atoms with Crippen molar-refractivity contribution in [3.63, 3.8) is 0 Å². The van der Waals surface area contributed by atoms with E-state index in [0.717, 1.165) is 18.7 Å². The average Bonchev–Trinajstić information content (AvgIpc) is 2.66. The van der Waals surface area contributed by atoms with Gasteiger partial charge in [0.05, 0.1) is 6.26 Å². The number of rotatable bonds is 6. The molecule has 0 aliphatic rings. The first-order valence-electron chi connectivity index (χ1n) is 6.27. The van der Waals surface area contributed by atoms with Crippen LogP contribution >= 0.6 is 0 Å². The maximum absolute atomic E-state index is 6.18. The fourth-order valence-corrected chi connectivity index (χ4v) is 1.46. The van der Waals surface area contributed by atoms with E-state index in [1.165, 1.54) is 0 Å². The molecule has 0 aliphatic carbocycles. The lowest BCUT2D eigenvalue weighted by Gasteiger charge is -2.39. The summed E-state index contributed by atoms with van der Waals surface area (Å²) in [5, 5.41) is 3.53. The van der Waals surface area contributed by atoms with Crippen LogP contribution in [0, 0.1) is 5.41 Å². The van der Waals surface area contributed by atoms with Crippen molar-refractivity contribution in [2.45, 2.75) is 52.6 Å². The molecular weight excluding hydrogens is 212 g/mol. The molecule has 0 radical (unpaired) electrons. The molecule has 0 fully saturated rings. The molecule has 3 nitrogen and oxygen atoms in total. The van der Waals surface area contributed by atoms with E-state index in [0.29, 0.717) is 6.04 Å². The summed E-state index contributed by atoms with van der Waals surface area (Å²) in [6, 6.07) is 4.33. The first kappa shape index (κ1) is 14.3. The van der Waals surface area contributed by atoms with Gasteiger partial charge in [-0.25, -0.2) is 0 Å². The molecule has 1 rings (SSSR count). The third kappa shape index (κ3) is 4.17. The van der Waals surface area contributed by atoms with Crippen molar-refractivity contribution in [1.82, 2.24) is 5.32 Å². The second kappa shape index (κ2) is 5.23. The van der Waals surface area contributed by atoms with Gasteiger partial charge in [-0.1, -0.05) is 13.8 Å². The van der Waals surface area contributed by atoms with Crippen LogP contribution in [0.15, 0.2) is 22.8 Å². The summed E-state index contributed by atoms with van der Waals surface area (Å²) in [7, 11) is 0. The third-order valence-electron chi connectivity index (χ3n) is 3.72. The molecule has 1 aromatic rings. The van der Waals surface area contributed by atoms with Crippen LogP contribution in [0.1, 0.15) is 40.4 Å². The lowest BCUT2D eigenvalue weighted by atomic mass is 9.75. The fourth-order valence-electron chi connectivity index (χ4n) is 1.46. The second-order valence-electron chi connectivity index (χ2n) is 6.17. The lowest BCUT2D eigenvalue weighted by Crippen LogP contribution is -2.53. The largest absolute Gasteiger partial charge is 0.469 e.